The van der Waals surface area contributed by atoms with E-state index in [2.05, 4.69) is 86.1 Å². The van der Waals surface area contributed by atoms with E-state index in [1.54, 1.807) is 6.08 Å². The number of nitrogens with zero attached hydrogens (tertiary/aromatic N) is 1. The number of para-hydroxylation sites is 2. The molecule has 1 aromatic heterocycles. The molecule has 226 valence electrons. The first-order chi connectivity index (χ1) is 21.8. The zero-order valence-electron chi connectivity index (χ0n) is 26.0. The summed E-state index contributed by atoms with van der Waals surface area (Å²) in [6.45, 7) is 9.68. The van der Waals surface area contributed by atoms with Crippen molar-refractivity contribution in [3.8, 4) is 11.5 Å². The summed E-state index contributed by atoms with van der Waals surface area (Å²) in [6.07, 6.45) is 3.34. The Morgan fingerprint density at radius 3 is 1.98 bits per heavy atom. The van der Waals surface area contributed by atoms with Crippen LogP contribution in [0.25, 0.3) is 15.7 Å². The summed E-state index contributed by atoms with van der Waals surface area (Å²) in [5.41, 5.74) is 7.03. The number of hydrogen-bond donors (Lipinski definition) is 0. The number of anilines is 3. The first-order valence-corrected chi connectivity index (χ1v) is 17.4. The van der Waals surface area contributed by atoms with Crippen molar-refractivity contribution >= 4 is 58.9 Å². The van der Waals surface area contributed by atoms with Crippen molar-refractivity contribution in [1.82, 2.24) is 0 Å². The fourth-order valence-corrected chi connectivity index (χ4v) is 8.21. The summed E-state index contributed by atoms with van der Waals surface area (Å²) in [6, 6.07) is 26.8. The number of hydrogen-bond acceptors (Lipinski definition) is 5. The average molecular weight is 661 g/mol. The molecular weight excluding hydrogens is 625 g/mol. The third-order valence-corrected chi connectivity index (χ3v) is 10.6. The van der Waals surface area contributed by atoms with Gasteiger partial charge in [-0.2, -0.15) is 0 Å². The molecule has 0 bridgehead atoms. The summed E-state index contributed by atoms with van der Waals surface area (Å²) in [4.78, 5) is 31.7. The van der Waals surface area contributed by atoms with E-state index in [0.29, 0.717) is 41.4 Å². The third kappa shape index (κ3) is 4.84. The van der Waals surface area contributed by atoms with Crippen molar-refractivity contribution in [3.63, 3.8) is 0 Å². The Labute approximate surface area is 269 Å². The van der Waals surface area contributed by atoms with Gasteiger partial charge < -0.3 is 0 Å². The van der Waals surface area contributed by atoms with E-state index in [0.717, 1.165) is 39.6 Å². The molecule has 1 aliphatic carbocycles. The van der Waals surface area contributed by atoms with Crippen molar-refractivity contribution < 1.29 is 19.1 Å². The summed E-state index contributed by atoms with van der Waals surface area (Å²) in [5.74, 6) is 0.795. The van der Waals surface area contributed by atoms with Gasteiger partial charge in [0.2, 0.25) is 0 Å². The maximum absolute atomic E-state index is 13.7. The molecule has 0 radical (unpaired) electrons. The van der Waals surface area contributed by atoms with Crippen LogP contribution in [0.4, 0.5) is 17.1 Å². The molecule has 6 heteroatoms. The molecule has 0 atom stereocenters. The Hall–Kier alpha value is -4.38. The topological polar surface area (TPSA) is 55.8 Å². The molecule has 45 heavy (non-hydrogen) atoms. The number of ether oxygens (including phenoxy) is 2. The minimum atomic E-state index is -0.242. The summed E-state index contributed by atoms with van der Waals surface area (Å²) < 4.78 is 14.0. The molecular formula is C39H35NO4Se. The molecule has 0 unspecified atom stereocenters. The van der Waals surface area contributed by atoms with Gasteiger partial charge in [-0.1, -0.05) is 57.2 Å². The SMILES string of the molecule is CCCOc1cc(N2c3ccccc3C(C)(C)c3ccccc32)c(OCCC)cc1/C=C1/C(=O)c2cc3cc[se]c3cc2C1=O. The second-order valence-corrected chi connectivity index (χ2v) is 14.1. The molecule has 0 spiro atoms. The number of benzene rings is 4. The summed E-state index contributed by atoms with van der Waals surface area (Å²) >= 11 is 0.184. The van der Waals surface area contributed by atoms with E-state index in [1.807, 2.05) is 30.3 Å². The molecule has 5 nitrogen and oxygen atoms in total. The summed E-state index contributed by atoms with van der Waals surface area (Å²) in [5, 5.41) is 1.04. The Morgan fingerprint density at radius 1 is 0.733 bits per heavy atom. The van der Waals surface area contributed by atoms with Crippen LogP contribution >= 0.6 is 0 Å². The van der Waals surface area contributed by atoms with E-state index in [4.69, 9.17) is 9.47 Å². The minimum absolute atomic E-state index is 0.163. The normalized spacial score (nSPS) is 15.7. The molecule has 1 aliphatic heterocycles. The molecule has 0 N–H and O–H groups in total. The number of carbonyl (C=O) groups is 2. The number of ketones is 2. The van der Waals surface area contributed by atoms with Gasteiger partial charge in [0.25, 0.3) is 0 Å². The van der Waals surface area contributed by atoms with E-state index in [1.165, 1.54) is 11.1 Å². The van der Waals surface area contributed by atoms with Gasteiger partial charge in [-0.3, -0.25) is 0 Å². The fourth-order valence-electron chi connectivity index (χ4n) is 6.51. The Kier molecular flexibility index (Phi) is 7.51. The predicted molar refractivity (Wildman–Crippen MR) is 182 cm³/mol. The quantitative estimate of drug-likeness (QED) is 0.0945. The third-order valence-electron chi connectivity index (χ3n) is 8.76. The van der Waals surface area contributed by atoms with Gasteiger partial charge in [0, 0.05) is 5.41 Å². The van der Waals surface area contributed by atoms with Crippen LogP contribution < -0.4 is 14.4 Å². The zero-order chi connectivity index (χ0) is 31.3. The molecule has 0 saturated carbocycles. The monoisotopic (exact) mass is 661 g/mol. The van der Waals surface area contributed by atoms with Gasteiger partial charge in [0.05, 0.1) is 0 Å². The van der Waals surface area contributed by atoms with E-state index in [9.17, 15) is 9.59 Å². The number of allylic oxidation sites excluding steroid dienone is 1. The van der Waals surface area contributed by atoms with Crippen LogP contribution in [0.5, 0.6) is 11.5 Å². The van der Waals surface area contributed by atoms with Crippen LogP contribution in [0.2, 0.25) is 0 Å². The zero-order valence-corrected chi connectivity index (χ0v) is 27.7. The first-order valence-electron chi connectivity index (χ1n) is 15.6. The second kappa shape index (κ2) is 11.5. The van der Waals surface area contributed by atoms with Crippen molar-refractivity contribution in [2.75, 3.05) is 18.1 Å². The van der Waals surface area contributed by atoms with Gasteiger partial charge in [-0.15, -0.1) is 0 Å². The Balaban J connectivity index is 1.42. The Bertz CT molecular complexity index is 1920. The number of carbonyl (C=O) groups excluding carboxylic acids is 2. The molecule has 0 fully saturated rings. The van der Waals surface area contributed by atoms with Crippen LogP contribution in [0.3, 0.4) is 0 Å². The van der Waals surface area contributed by atoms with Crippen molar-refractivity contribution in [1.29, 1.82) is 0 Å². The van der Waals surface area contributed by atoms with Gasteiger partial charge in [0.15, 0.2) is 0 Å². The van der Waals surface area contributed by atoms with Gasteiger partial charge >= 0.3 is 185 Å². The van der Waals surface area contributed by atoms with E-state index >= 15 is 0 Å². The van der Waals surface area contributed by atoms with Crippen LogP contribution in [0.1, 0.15) is 77.9 Å². The molecule has 0 saturated heterocycles. The molecule has 7 rings (SSSR count). The van der Waals surface area contributed by atoms with Crippen LogP contribution in [-0.4, -0.2) is 39.3 Å². The number of rotatable bonds is 8. The van der Waals surface area contributed by atoms with E-state index in [-0.39, 0.29) is 37.1 Å². The van der Waals surface area contributed by atoms with Gasteiger partial charge in [-0.05, 0) is 23.3 Å². The van der Waals surface area contributed by atoms with Crippen molar-refractivity contribution in [3.05, 3.63) is 117 Å². The standard InChI is InChI=1S/C39H35NO4Se/c1-5-16-43-34-23-33(40-31-13-9-7-11-29(31)39(3,4)30-12-8-10-14-32(30)40)35(44-17-6-2)21-25(34)20-28-37(41)26-19-24-15-18-45-36(24)22-27(26)38(28)42/h7-15,18-23H,5-6,16-17H2,1-4H3/b28-20-. The first kappa shape index (κ1) is 29.3. The van der Waals surface area contributed by atoms with Crippen LogP contribution in [0.15, 0.2) is 89.4 Å². The predicted octanol–water partition coefficient (Wildman–Crippen LogP) is 9.05. The average Bonchev–Trinajstić information content (AvgIpc) is 3.61. The van der Waals surface area contributed by atoms with Crippen LogP contribution in [0, 0.1) is 0 Å². The Morgan fingerprint density at radius 2 is 1.33 bits per heavy atom. The molecule has 0 amide bonds. The number of Topliss-reactive ketones (excluding diaryl/α,β-unsaturated/α-hetero) is 2. The second-order valence-electron chi connectivity index (χ2n) is 12.1. The fraction of sp³-hybridized carbons (Fsp3) is 0.231. The van der Waals surface area contributed by atoms with Crippen LogP contribution in [-0.2, 0) is 5.41 Å². The van der Waals surface area contributed by atoms with E-state index < -0.39 is 0 Å². The van der Waals surface area contributed by atoms with Crippen molar-refractivity contribution in [2.24, 2.45) is 0 Å². The maximum atomic E-state index is 13.7. The van der Waals surface area contributed by atoms with Crippen molar-refractivity contribution in [2.45, 2.75) is 46.0 Å². The molecule has 4 aromatic carbocycles. The van der Waals surface area contributed by atoms with Gasteiger partial charge in [-0.25, -0.2) is 0 Å². The molecule has 2 heterocycles. The number of fused-ring (bicyclic) bond motifs is 4. The summed E-state index contributed by atoms with van der Waals surface area (Å²) in [7, 11) is 0. The van der Waals surface area contributed by atoms with Gasteiger partial charge in [0.1, 0.15) is 0 Å². The molecule has 5 aromatic rings. The molecule has 2 aliphatic rings.